The summed E-state index contributed by atoms with van der Waals surface area (Å²) in [6, 6.07) is 4.88. The van der Waals surface area contributed by atoms with Crippen LogP contribution in [0.15, 0.2) is 23.1 Å². The van der Waals surface area contributed by atoms with E-state index in [0.29, 0.717) is 10.6 Å². The van der Waals surface area contributed by atoms with E-state index >= 15 is 0 Å². The van der Waals surface area contributed by atoms with Gasteiger partial charge in [0, 0.05) is 6.54 Å². The van der Waals surface area contributed by atoms with Gasteiger partial charge < -0.3 is 4.74 Å². The molecular formula is C9H10FNOS. The van der Waals surface area contributed by atoms with Gasteiger partial charge >= 0.3 is 0 Å². The van der Waals surface area contributed by atoms with Gasteiger partial charge in [-0.15, -0.1) is 0 Å². The lowest BCUT2D eigenvalue weighted by molar-refractivity contribution is 0.223. The lowest BCUT2D eigenvalue weighted by Gasteiger charge is -2.10. The number of hydrogen-bond acceptors (Lipinski definition) is 3. The summed E-state index contributed by atoms with van der Waals surface area (Å²) in [6.07, 6.45) is 0.0792. The summed E-state index contributed by atoms with van der Waals surface area (Å²) >= 11 is 1.29. The smallest absolute Gasteiger partial charge is 0.141 e. The number of nitrogens with one attached hydrogen (secondary N) is 1. The third kappa shape index (κ3) is 1.78. The van der Waals surface area contributed by atoms with Crippen LogP contribution < -0.4 is 9.46 Å². The zero-order chi connectivity index (χ0) is 9.26. The molecule has 1 aromatic rings. The maximum Gasteiger partial charge on any atom is 0.141 e. The summed E-state index contributed by atoms with van der Waals surface area (Å²) in [4.78, 5) is 0.548. The first-order valence-corrected chi connectivity index (χ1v) is 4.94. The van der Waals surface area contributed by atoms with Gasteiger partial charge in [-0.1, -0.05) is 6.07 Å². The highest BCUT2D eigenvalue weighted by Gasteiger charge is 2.16. The van der Waals surface area contributed by atoms with Crippen molar-refractivity contribution in [2.24, 2.45) is 0 Å². The molecule has 1 aromatic carbocycles. The molecule has 1 aliphatic rings. The normalized spacial score (nSPS) is 21.5. The molecule has 1 aliphatic heterocycles. The minimum Gasteiger partial charge on any atom is -0.488 e. The van der Waals surface area contributed by atoms with Crippen LogP contribution in [0.4, 0.5) is 4.39 Å². The van der Waals surface area contributed by atoms with E-state index in [2.05, 4.69) is 4.72 Å². The summed E-state index contributed by atoms with van der Waals surface area (Å²) in [7, 11) is 0. The van der Waals surface area contributed by atoms with E-state index in [-0.39, 0.29) is 11.9 Å². The number of halogens is 1. The van der Waals surface area contributed by atoms with E-state index in [4.69, 9.17) is 4.74 Å². The molecule has 0 fully saturated rings. The third-order valence-electron chi connectivity index (χ3n) is 1.80. The first-order chi connectivity index (χ1) is 6.27. The van der Waals surface area contributed by atoms with Crippen molar-refractivity contribution in [2.75, 3.05) is 6.54 Å². The highest BCUT2D eigenvalue weighted by Crippen LogP contribution is 2.32. The quantitative estimate of drug-likeness (QED) is 0.647. The Balaban J connectivity index is 2.39. The monoisotopic (exact) mass is 199 g/mol. The Hall–Kier alpha value is -0.740. The van der Waals surface area contributed by atoms with E-state index < -0.39 is 0 Å². The molecule has 0 saturated heterocycles. The van der Waals surface area contributed by atoms with Crippen molar-refractivity contribution < 1.29 is 9.13 Å². The van der Waals surface area contributed by atoms with E-state index in [9.17, 15) is 4.39 Å². The standard InChI is InChI=1S/C9H10FNOS/c1-6-5-11-13-9-7(10)3-2-4-8(9)12-6/h2-4,6,11H,5H2,1H3/t6-/m1/s1. The summed E-state index contributed by atoms with van der Waals surface area (Å²) in [5.41, 5.74) is 0. The average Bonchev–Trinajstić information content (AvgIpc) is 2.27. The van der Waals surface area contributed by atoms with Gasteiger partial charge in [0.2, 0.25) is 0 Å². The first kappa shape index (κ1) is 8.84. The Kier molecular flexibility index (Phi) is 2.42. The van der Waals surface area contributed by atoms with Crippen LogP contribution in [0.2, 0.25) is 0 Å². The van der Waals surface area contributed by atoms with Crippen LogP contribution in [0.1, 0.15) is 6.92 Å². The number of benzene rings is 1. The van der Waals surface area contributed by atoms with Crippen molar-refractivity contribution in [2.45, 2.75) is 17.9 Å². The fourth-order valence-corrected chi connectivity index (χ4v) is 2.02. The summed E-state index contributed by atoms with van der Waals surface area (Å²) < 4.78 is 21.8. The number of fused-ring (bicyclic) bond motifs is 1. The molecule has 1 heterocycles. The molecule has 0 spiro atoms. The highest BCUT2D eigenvalue weighted by molar-refractivity contribution is 7.97. The molecule has 2 nitrogen and oxygen atoms in total. The van der Waals surface area contributed by atoms with Crippen LogP contribution in [0.25, 0.3) is 0 Å². The van der Waals surface area contributed by atoms with Crippen molar-refractivity contribution in [3.8, 4) is 5.75 Å². The lowest BCUT2D eigenvalue weighted by Crippen LogP contribution is -2.22. The van der Waals surface area contributed by atoms with Gasteiger partial charge in [0.15, 0.2) is 0 Å². The maximum absolute atomic E-state index is 13.2. The molecular weight excluding hydrogens is 189 g/mol. The van der Waals surface area contributed by atoms with Gasteiger partial charge in [-0.25, -0.2) is 4.39 Å². The van der Waals surface area contributed by atoms with E-state index in [1.54, 1.807) is 12.1 Å². The summed E-state index contributed by atoms with van der Waals surface area (Å²) in [5, 5.41) is 0. The Morgan fingerprint density at radius 1 is 1.62 bits per heavy atom. The van der Waals surface area contributed by atoms with Gasteiger partial charge in [0.1, 0.15) is 22.6 Å². The topological polar surface area (TPSA) is 21.3 Å². The number of rotatable bonds is 0. The number of hydrogen-bond donors (Lipinski definition) is 1. The van der Waals surface area contributed by atoms with Gasteiger partial charge in [-0.2, -0.15) is 0 Å². The van der Waals surface area contributed by atoms with Crippen molar-refractivity contribution in [1.29, 1.82) is 0 Å². The Morgan fingerprint density at radius 2 is 2.46 bits per heavy atom. The van der Waals surface area contributed by atoms with Crippen LogP contribution >= 0.6 is 11.9 Å². The molecule has 1 atom stereocenters. The molecule has 0 saturated carbocycles. The molecule has 0 aromatic heterocycles. The average molecular weight is 199 g/mol. The fourth-order valence-electron chi connectivity index (χ4n) is 1.17. The molecule has 2 rings (SSSR count). The molecule has 0 radical (unpaired) electrons. The molecule has 70 valence electrons. The molecule has 4 heteroatoms. The zero-order valence-corrected chi connectivity index (χ0v) is 8.03. The maximum atomic E-state index is 13.2. The van der Waals surface area contributed by atoms with Gasteiger partial charge in [0.05, 0.1) is 0 Å². The summed E-state index contributed by atoms with van der Waals surface area (Å²) in [5.74, 6) is 0.395. The number of ether oxygens (including phenoxy) is 1. The van der Waals surface area contributed by atoms with Crippen molar-refractivity contribution in [3.63, 3.8) is 0 Å². The molecule has 13 heavy (non-hydrogen) atoms. The second-order valence-corrected chi connectivity index (χ2v) is 3.85. The lowest BCUT2D eigenvalue weighted by atomic mass is 10.3. The van der Waals surface area contributed by atoms with E-state index in [1.807, 2.05) is 6.92 Å². The van der Waals surface area contributed by atoms with Gasteiger partial charge in [-0.05, 0) is 31.0 Å². The SMILES string of the molecule is C[C@@H]1CNSc2c(F)cccc2O1. The van der Waals surface area contributed by atoms with Crippen LogP contribution in [0, 0.1) is 5.82 Å². The van der Waals surface area contributed by atoms with Crippen molar-refractivity contribution >= 4 is 11.9 Å². The molecule has 0 unspecified atom stereocenters. The summed E-state index contributed by atoms with van der Waals surface area (Å²) in [6.45, 7) is 2.67. The highest BCUT2D eigenvalue weighted by atomic mass is 32.2. The second-order valence-electron chi connectivity index (χ2n) is 2.95. The Morgan fingerprint density at radius 3 is 3.31 bits per heavy atom. The van der Waals surface area contributed by atoms with E-state index in [1.165, 1.54) is 18.0 Å². The van der Waals surface area contributed by atoms with Crippen molar-refractivity contribution in [3.05, 3.63) is 24.0 Å². The molecule has 0 amide bonds. The zero-order valence-electron chi connectivity index (χ0n) is 7.21. The molecule has 0 aliphatic carbocycles. The third-order valence-corrected chi connectivity index (χ3v) is 2.72. The van der Waals surface area contributed by atoms with Crippen LogP contribution in [-0.4, -0.2) is 12.6 Å². The van der Waals surface area contributed by atoms with Crippen LogP contribution in [0.3, 0.4) is 0 Å². The second kappa shape index (κ2) is 3.55. The fraction of sp³-hybridized carbons (Fsp3) is 0.333. The minimum atomic E-state index is -0.232. The largest absolute Gasteiger partial charge is 0.488 e. The van der Waals surface area contributed by atoms with Gasteiger partial charge in [-0.3, -0.25) is 4.72 Å². The predicted molar refractivity (Wildman–Crippen MR) is 50.3 cm³/mol. The van der Waals surface area contributed by atoms with Crippen molar-refractivity contribution in [1.82, 2.24) is 4.72 Å². The van der Waals surface area contributed by atoms with E-state index in [0.717, 1.165) is 6.54 Å². The predicted octanol–water partition coefficient (Wildman–Crippen LogP) is 2.20. The Bertz CT molecular complexity index is 318. The Labute approximate surface area is 80.6 Å². The molecule has 0 bridgehead atoms. The van der Waals surface area contributed by atoms with Crippen LogP contribution in [0.5, 0.6) is 5.75 Å². The minimum absolute atomic E-state index is 0.0792. The first-order valence-electron chi connectivity index (χ1n) is 4.12. The van der Waals surface area contributed by atoms with Crippen LogP contribution in [-0.2, 0) is 0 Å². The van der Waals surface area contributed by atoms with Gasteiger partial charge in [0.25, 0.3) is 0 Å². The molecule has 1 N–H and O–H groups in total.